The molecule has 19 heavy (non-hydrogen) atoms. The quantitative estimate of drug-likeness (QED) is 0.839. The fourth-order valence-corrected chi connectivity index (χ4v) is 2.65. The molecule has 0 aromatic carbocycles. The van der Waals surface area contributed by atoms with E-state index in [1.165, 1.54) is 19.3 Å². The smallest absolute Gasteiger partial charge is 0.228 e. The van der Waals surface area contributed by atoms with E-state index in [1.807, 2.05) is 0 Å². The van der Waals surface area contributed by atoms with E-state index in [0.29, 0.717) is 11.9 Å². The van der Waals surface area contributed by atoms with Gasteiger partial charge in [0.2, 0.25) is 17.2 Å². The minimum Gasteiger partial charge on any atom is -0.354 e. The van der Waals surface area contributed by atoms with Crippen LogP contribution in [0.25, 0.3) is 0 Å². The number of anilines is 2. The Bertz CT molecular complexity index is 412. The lowest BCUT2D eigenvalue weighted by atomic mass is 10.1. The van der Waals surface area contributed by atoms with Gasteiger partial charge >= 0.3 is 0 Å². The van der Waals surface area contributed by atoms with Crippen molar-refractivity contribution in [2.45, 2.75) is 39.5 Å². The highest BCUT2D eigenvalue weighted by molar-refractivity contribution is 6.28. The van der Waals surface area contributed by atoms with E-state index >= 15 is 0 Å². The lowest BCUT2D eigenvalue weighted by Crippen LogP contribution is -2.15. The number of nitrogens with one attached hydrogen (secondary N) is 2. The lowest BCUT2D eigenvalue weighted by molar-refractivity contribution is 0.536. The first-order chi connectivity index (χ1) is 9.17. The van der Waals surface area contributed by atoms with Crippen LogP contribution in [0.3, 0.4) is 0 Å². The Kier molecular flexibility index (Phi) is 5.19. The highest BCUT2D eigenvalue weighted by Crippen LogP contribution is 2.30. The molecule has 1 heterocycles. The van der Waals surface area contributed by atoms with Crippen LogP contribution in [-0.4, -0.2) is 28.0 Å². The molecule has 0 bridgehead atoms. The summed E-state index contributed by atoms with van der Waals surface area (Å²) in [5, 5.41) is 6.63. The van der Waals surface area contributed by atoms with E-state index in [2.05, 4.69) is 39.4 Å². The Morgan fingerprint density at radius 2 is 1.89 bits per heavy atom. The van der Waals surface area contributed by atoms with Gasteiger partial charge in [-0.2, -0.15) is 15.0 Å². The second-order valence-electron chi connectivity index (χ2n) is 5.34. The molecule has 0 amide bonds. The summed E-state index contributed by atoms with van der Waals surface area (Å²) in [7, 11) is 0. The molecule has 1 aromatic heterocycles. The number of nitrogens with zero attached hydrogens (tertiary/aromatic N) is 3. The molecule has 5 nitrogen and oxygen atoms in total. The van der Waals surface area contributed by atoms with E-state index in [9.17, 15) is 0 Å². The fourth-order valence-electron chi connectivity index (χ4n) is 2.49. The number of aromatic nitrogens is 3. The van der Waals surface area contributed by atoms with Crippen LogP contribution in [0, 0.1) is 11.8 Å². The van der Waals surface area contributed by atoms with E-state index in [1.54, 1.807) is 0 Å². The highest BCUT2D eigenvalue weighted by atomic mass is 35.5. The largest absolute Gasteiger partial charge is 0.354 e. The normalized spacial score (nSPS) is 22.5. The molecular formula is C13H22ClN5. The monoisotopic (exact) mass is 283 g/mol. The second-order valence-corrected chi connectivity index (χ2v) is 5.68. The first-order valence-electron chi connectivity index (χ1n) is 7.06. The standard InChI is InChI=1S/C13H22ClN5/c1-3-6-15-12-17-11(14)18-13(19-12)16-8-10-5-4-9(2)7-10/h9-10H,3-8H2,1-2H3,(H2,15,16,17,18,19). The summed E-state index contributed by atoms with van der Waals surface area (Å²) in [6.45, 7) is 6.15. The van der Waals surface area contributed by atoms with Gasteiger partial charge in [0, 0.05) is 13.1 Å². The first-order valence-corrected chi connectivity index (χ1v) is 7.44. The third-order valence-electron chi connectivity index (χ3n) is 3.49. The zero-order valence-corrected chi connectivity index (χ0v) is 12.4. The van der Waals surface area contributed by atoms with Gasteiger partial charge in [-0.15, -0.1) is 0 Å². The molecule has 0 spiro atoms. The summed E-state index contributed by atoms with van der Waals surface area (Å²) < 4.78 is 0. The van der Waals surface area contributed by atoms with Crippen molar-refractivity contribution in [3.05, 3.63) is 5.28 Å². The molecule has 2 atom stereocenters. The van der Waals surface area contributed by atoms with Crippen LogP contribution >= 0.6 is 11.6 Å². The van der Waals surface area contributed by atoms with Gasteiger partial charge in [0.25, 0.3) is 0 Å². The van der Waals surface area contributed by atoms with Crippen molar-refractivity contribution in [1.82, 2.24) is 15.0 Å². The molecule has 6 heteroatoms. The molecule has 1 aliphatic carbocycles. The van der Waals surface area contributed by atoms with Gasteiger partial charge in [0.05, 0.1) is 0 Å². The molecule has 106 valence electrons. The minimum absolute atomic E-state index is 0.232. The number of hydrogen-bond acceptors (Lipinski definition) is 5. The van der Waals surface area contributed by atoms with Gasteiger partial charge in [0.1, 0.15) is 0 Å². The molecule has 1 saturated carbocycles. The Hall–Kier alpha value is -1.10. The number of hydrogen-bond donors (Lipinski definition) is 2. The molecule has 1 aliphatic rings. The van der Waals surface area contributed by atoms with Crippen LogP contribution in [0.2, 0.25) is 5.28 Å². The van der Waals surface area contributed by atoms with Gasteiger partial charge in [-0.05, 0) is 42.7 Å². The third-order valence-corrected chi connectivity index (χ3v) is 3.66. The van der Waals surface area contributed by atoms with Crippen LogP contribution < -0.4 is 10.6 Å². The Balaban J connectivity index is 1.90. The van der Waals surface area contributed by atoms with Crippen molar-refractivity contribution in [3.63, 3.8) is 0 Å². The van der Waals surface area contributed by atoms with E-state index < -0.39 is 0 Å². The summed E-state index contributed by atoms with van der Waals surface area (Å²) in [4.78, 5) is 12.5. The summed E-state index contributed by atoms with van der Waals surface area (Å²) in [6, 6.07) is 0. The molecule has 0 saturated heterocycles. The summed E-state index contributed by atoms with van der Waals surface area (Å²) in [5.74, 6) is 2.68. The van der Waals surface area contributed by atoms with Crippen molar-refractivity contribution >= 4 is 23.5 Å². The molecule has 0 radical (unpaired) electrons. The molecular weight excluding hydrogens is 262 g/mol. The van der Waals surface area contributed by atoms with Crippen molar-refractivity contribution < 1.29 is 0 Å². The molecule has 2 rings (SSSR count). The predicted octanol–water partition coefficient (Wildman–Crippen LogP) is 3.20. The SMILES string of the molecule is CCCNc1nc(Cl)nc(NCC2CCC(C)C2)n1. The van der Waals surface area contributed by atoms with Gasteiger partial charge in [0.15, 0.2) is 0 Å². The topological polar surface area (TPSA) is 62.7 Å². The summed E-state index contributed by atoms with van der Waals surface area (Å²) in [5.41, 5.74) is 0. The number of rotatable bonds is 6. The van der Waals surface area contributed by atoms with Gasteiger partial charge < -0.3 is 10.6 Å². The van der Waals surface area contributed by atoms with Crippen molar-refractivity contribution in [2.75, 3.05) is 23.7 Å². The van der Waals surface area contributed by atoms with Gasteiger partial charge in [-0.3, -0.25) is 0 Å². The maximum Gasteiger partial charge on any atom is 0.228 e. The van der Waals surface area contributed by atoms with Crippen LogP contribution in [0.4, 0.5) is 11.9 Å². The third kappa shape index (κ3) is 4.49. The Labute approximate surface area is 119 Å². The van der Waals surface area contributed by atoms with E-state index in [0.717, 1.165) is 31.3 Å². The predicted molar refractivity (Wildman–Crippen MR) is 78.6 cm³/mol. The second kappa shape index (κ2) is 6.89. The fraction of sp³-hybridized carbons (Fsp3) is 0.769. The summed E-state index contributed by atoms with van der Waals surface area (Å²) >= 11 is 5.91. The van der Waals surface area contributed by atoms with Crippen molar-refractivity contribution in [2.24, 2.45) is 11.8 Å². The zero-order chi connectivity index (χ0) is 13.7. The minimum atomic E-state index is 0.232. The first kappa shape index (κ1) is 14.3. The highest BCUT2D eigenvalue weighted by Gasteiger charge is 2.21. The van der Waals surface area contributed by atoms with Crippen LogP contribution in [-0.2, 0) is 0 Å². The van der Waals surface area contributed by atoms with Gasteiger partial charge in [-0.1, -0.05) is 20.3 Å². The molecule has 2 unspecified atom stereocenters. The van der Waals surface area contributed by atoms with E-state index in [4.69, 9.17) is 11.6 Å². The van der Waals surface area contributed by atoms with Crippen LogP contribution in [0.5, 0.6) is 0 Å². The maximum absolute atomic E-state index is 5.91. The molecule has 1 fully saturated rings. The Morgan fingerprint density at radius 1 is 1.16 bits per heavy atom. The average molecular weight is 284 g/mol. The van der Waals surface area contributed by atoms with Crippen LogP contribution in [0.1, 0.15) is 39.5 Å². The van der Waals surface area contributed by atoms with Crippen molar-refractivity contribution in [1.29, 1.82) is 0 Å². The van der Waals surface area contributed by atoms with Gasteiger partial charge in [-0.25, -0.2) is 0 Å². The molecule has 2 N–H and O–H groups in total. The Morgan fingerprint density at radius 3 is 2.53 bits per heavy atom. The number of halogens is 1. The zero-order valence-electron chi connectivity index (χ0n) is 11.6. The molecule has 0 aliphatic heterocycles. The maximum atomic E-state index is 5.91. The van der Waals surface area contributed by atoms with Crippen molar-refractivity contribution in [3.8, 4) is 0 Å². The average Bonchev–Trinajstić information content (AvgIpc) is 2.79. The lowest BCUT2D eigenvalue weighted by Gasteiger charge is -2.12. The summed E-state index contributed by atoms with van der Waals surface area (Å²) in [6.07, 6.45) is 4.92. The van der Waals surface area contributed by atoms with E-state index in [-0.39, 0.29) is 5.28 Å². The van der Waals surface area contributed by atoms with Crippen LogP contribution in [0.15, 0.2) is 0 Å². The molecule has 1 aromatic rings.